The first-order valence-electron chi connectivity index (χ1n) is 10.1. The predicted molar refractivity (Wildman–Crippen MR) is 122 cm³/mol. The number of rotatable bonds is 14. The van der Waals surface area contributed by atoms with Crippen LogP contribution in [0.15, 0.2) is 16.3 Å². The minimum absolute atomic E-state index is 0.530. The molecule has 1 rings (SSSR count). The lowest BCUT2D eigenvalue weighted by molar-refractivity contribution is 0.592. The van der Waals surface area contributed by atoms with Crippen LogP contribution in [0.1, 0.15) is 49.9 Å². The van der Waals surface area contributed by atoms with E-state index < -0.39 is 0 Å². The summed E-state index contributed by atoms with van der Waals surface area (Å²) >= 11 is 1.83. The molecule has 0 aromatic carbocycles. The number of aliphatic imine (C=N–C) groups is 2. The third-order valence-electron chi connectivity index (χ3n) is 4.28. The second kappa shape index (κ2) is 16.5. The van der Waals surface area contributed by atoms with Gasteiger partial charge in [0.1, 0.15) is 0 Å². The van der Waals surface area contributed by atoms with Gasteiger partial charge in [-0.2, -0.15) is 17.0 Å². The van der Waals surface area contributed by atoms with Crippen LogP contribution in [0.25, 0.3) is 0 Å². The summed E-state index contributed by atoms with van der Waals surface area (Å²) in [5.41, 5.74) is 8.15. The fourth-order valence-electron chi connectivity index (χ4n) is 2.59. The number of aromatic nitrogens is 2. The Morgan fingerprint density at radius 3 is 2.66 bits per heavy atom. The van der Waals surface area contributed by atoms with Crippen LogP contribution >= 0.6 is 11.8 Å². The molecular weight excluding hydrogens is 386 g/mol. The Kier molecular flexibility index (Phi) is 14.0. The summed E-state index contributed by atoms with van der Waals surface area (Å²) in [6.07, 6.45) is 10.5. The molecule has 0 amide bonds. The fourth-order valence-corrected chi connectivity index (χ4v) is 3.47. The van der Waals surface area contributed by atoms with Crippen molar-refractivity contribution in [2.24, 2.45) is 15.7 Å². The zero-order valence-corrected chi connectivity index (χ0v) is 18.4. The van der Waals surface area contributed by atoms with Gasteiger partial charge in [-0.1, -0.05) is 25.7 Å². The maximum Gasteiger partial charge on any atom is 0.204 e. The summed E-state index contributed by atoms with van der Waals surface area (Å²) in [4.78, 5) is 15.7. The molecule has 162 valence electrons. The highest BCUT2D eigenvalue weighted by Crippen LogP contribution is 2.11. The van der Waals surface area contributed by atoms with E-state index in [0.717, 1.165) is 55.4 Å². The second-order valence-corrected chi connectivity index (χ2v) is 7.68. The van der Waals surface area contributed by atoms with E-state index in [4.69, 9.17) is 11.0 Å². The zero-order chi connectivity index (χ0) is 21.2. The molecule has 0 fully saturated rings. The smallest absolute Gasteiger partial charge is 0.204 e. The third-order valence-corrected chi connectivity index (χ3v) is 5.25. The molecule has 0 spiro atoms. The molecule has 6 N–H and O–H groups in total. The monoisotopic (exact) mass is 421 g/mol. The van der Waals surface area contributed by atoms with Crippen molar-refractivity contribution in [3.8, 4) is 6.19 Å². The van der Waals surface area contributed by atoms with Crippen molar-refractivity contribution in [3.63, 3.8) is 0 Å². The Morgan fingerprint density at radius 2 is 1.97 bits per heavy atom. The first-order valence-corrected chi connectivity index (χ1v) is 11.3. The van der Waals surface area contributed by atoms with Crippen LogP contribution in [0, 0.1) is 18.4 Å². The molecule has 0 aliphatic carbocycles. The number of nitriles is 1. The van der Waals surface area contributed by atoms with Crippen molar-refractivity contribution in [2.45, 2.75) is 51.2 Å². The Hall–Kier alpha value is -2.41. The molecule has 0 saturated heterocycles. The maximum atomic E-state index is 8.54. The highest BCUT2D eigenvalue weighted by atomic mass is 32.2. The number of thioether (sulfide) groups is 1. The second-order valence-electron chi connectivity index (χ2n) is 6.58. The molecule has 0 radical (unpaired) electrons. The van der Waals surface area contributed by atoms with Gasteiger partial charge in [0, 0.05) is 43.9 Å². The lowest BCUT2D eigenvalue weighted by atomic mass is 10.1. The summed E-state index contributed by atoms with van der Waals surface area (Å²) in [5, 5.41) is 17.3. The van der Waals surface area contributed by atoms with Crippen LogP contribution in [0.2, 0.25) is 0 Å². The molecule has 0 atom stereocenters. The summed E-state index contributed by atoms with van der Waals surface area (Å²) in [5.74, 6) is 2.94. The quantitative estimate of drug-likeness (QED) is 0.101. The molecule has 0 saturated carbocycles. The van der Waals surface area contributed by atoms with E-state index in [1.54, 1.807) is 13.4 Å². The number of unbranched alkanes of at least 4 members (excludes halogenated alkanes) is 5. The van der Waals surface area contributed by atoms with Crippen LogP contribution in [0.4, 0.5) is 0 Å². The van der Waals surface area contributed by atoms with Gasteiger partial charge in [0.15, 0.2) is 12.2 Å². The van der Waals surface area contributed by atoms with Gasteiger partial charge in [-0.3, -0.25) is 15.3 Å². The van der Waals surface area contributed by atoms with E-state index >= 15 is 0 Å². The van der Waals surface area contributed by atoms with E-state index in [1.165, 1.54) is 25.7 Å². The van der Waals surface area contributed by atoms with Crippen LogP contribution in [0.5, 0.6) is 0 Å². The molecular formula is C19H35N9S. The van der Waals surface area contributed by atoms with Crippen molar-refractivity contribution in [3.05, 3.63) is 17.7 Å². The molecule has 0 unspecified atom stereocenters. The molecule has 0 aliphatic heterocycles. The van der Waals surface area contributed by atoms with Crippen LogP contribution in [0.3, 0.4) is 0 Å². The lowest BCUT2D eigenvalue weighted by Gasteiger charge is -2.07. The number of imidazole rings is 1. The molecule has 1 heterocycles. The third kappa shape index (κ3) is 12.6. The van der Waals surface area contributed by atoms with E-state index in [-0.39, 0.29) is 0 Å². The lowest BCUT2D eigenvalue weighted by Crippen LogP contribution is -2.34. The number of nitrogens with two attached hydrogens (primary N) is 1. The largest absolute Gasteiger partial charge is 0.370 e. The summed E-state index contributed by atoms with van der Waals surface area (Å²) in [6, 6.07) is 0. The molecule has 1 aromatic rings. The number of nitrogens with zero attached hydrogens (tertiary/aromatic N) is 4. The number of guanidine groups is 2. The Labute approximate surface area is 178 Å². The Morgan fingerprint density at radius 1 is 1.21 bits per heavy atom. The number of nitrogens with one attached hydrogen (secondary N) is 4. The SMILES string of the molecule is CN=C(NC#N)NCCCCCCCCN=C(N)NCCSCc1nc[nH]c1C. The minimum atomic E-state index is 0.530. The highest BCUT2D eigenvalue weighted by Gasteiger charge is 2.00. The molecule has 0 bridgehead atoms. The van der Waals surface area contributed by atoms with Crippen LogP contribution in [-0.4, -0.2) is 54.3 Å². The maximum absolute atomic E-state index is 8.54. The number of hydrogen-bond donors (Lipinski definition) is 5. The van der Waals surface area contributed by atoms with Crippen molar-refractivity contribution in [1.29, 1.82) is 5.26 Å². The van der Waals surface area contributed by atoms with Gasteiger partial charge in [-0.25, -0.2) is 4.98 Å². The van der Waals surface area contributed by atoms with Gasteiger partial charge in [0.2, 0.25) is 5.96 Å². The average molecular weight is 422 g/mol. The van der Waals surface area contributed by atoms with Gasteiger partial charge in [-0.15, -0.1) is 0 Å². The van der Waals surface area contributed by atoms with Gasteiger partial charge in [0.05, 0.1) is 12.0 Å². The molecule has 10 heteroatoms. The van der Waals surface area contributed by atoms with Crippen molar-refractivity contribution in [1.82, 2.24) is 25.9 Å². The van der Waals surface area contributed by atoms with Crippen molar-refractivity contribution in [2.75, 3.05) is 32.4 Å². The normalized spacial score (nSPS) is 11.9. The zero-order valence-electron chi connectivity index (χ0n) is 17.6. The number of hydrogen-bond acceptors (Lipinski definition) is 5. The number of aromatic amines is 1. The summed E-state index contributed by atoms with van der Waals surface area (Å²) in [7, 11) is 1.65. The van der Waals surface area contributed by atoms with E-state index in [1.807, 2.05) is 24.9 Å². The van der Waals surface area contributed by atoms with Gasteiger partial charge < -0.3 is 21.4 Å². The summed E-state index contributed by atoms with van der Waals surface area (Å²) < 4.78 is 0. The van der Waals surface area contributed by atoms with Crippen molar-refractivity contribution >= 4 is 23.7 Å². The molecule has 1 aromatic heterocycles. The van der Waals surface area contributed by atoms with Gasteiger partial charge >= 0.3 is 0 Å². The van der Waals surface area contributed by atoms with Gasteiger partial charge in [0.25, 0.3) is 0 Å². The van der Waals surface area contributed by atoms with Crippen LogP contribution in [-0.2, 0) is 5.75 Å². The number of aryl methyl sites for hydroxylation is 1. The first kappa shape index (κ1) is 24.6. The van der Waals surface area contributed by atoms with Crippen molar-refractivity contribution < 1.29 is 0 Å². The van der Waals surface area contributed by atoms with Gasteiger partial charge in [-0.05, 0) is 19.8 Å². The molecule has 29 heavy (non-hydrogen) atoms. The first-order chi connectivity index (χ1) is 14.2. The van der Waals surface area contributed by atoms with E-state index in [2.05, 4.69) is 35.9 Å². The fraction of sp³-hybridized carbons (Fsp3) is 0.684. The Bertz CT molecular complexity index is 648. The standard InChI is InChI=1S/C19H35N9S/c1-16-17(28-15-27-16)13-29-12-11-24-18(21)23-9-7-5-3-4-6-8-10-25-19(22-2)26-14-20/h15H,3-13H2,1-2H3,(H,27,28)(H3,21,23,24)(H2,22,25,26). The number of H-pyrrole nitrogens is 1. The minimum Gasteiger partial charge on any atom is -0.370 e. The van der Waals surface area contributed by atoms with E-state index in [9.17, 15) is 0 Å². The van der Waals surface area contributed by atoms with Crippen LogP contribution < -0.4 is 21.7 Å². The topological polar surface area (TPSA) is 139 Å². The summed E-state index contributed by atoms with van der Waals surface area (Å²) in [6.45, 7) is 4.45. The van der Waals surface area contributed by atoms with E-state index in [0.29, 0.717) is 11.9 Å². The average Bonchev–Trinajstić information content (AvgIpc) is 3.13. The predicted octanol–water partition coefficient (Wildman–Crippen LogP) is 1.84. The molecule has 0 aliphatic rings. The Balaban J connectivity index is 1.89. The molecule has 9 nitrogen and oxygen atoms in total. The highest BCUT2D eigenvalue weighted by molar-refractivity contribution is 7.98.